The standard InChI is InChI=1S/C26H25N5O2/c1-33-22-12-10-20(11-13-22)24-19-23(28-31(24)21-7-3-2-4-8-21)26(32)30-17-15-29(16-18-30)25-9-5-6-14-27-25/h2-14,19H,15-18H2,1H3. The fourth-order valence-electron chi connectivity index (χ4n) is 4.06. The third-order valence-electron chi connectivity index (χ3n) is 5.86. The van der Waals surface area contributed by atoms with Crippen molar-refractivity contribution in [2.45, 2.75) is 0 Å². The van der Waals surface area contributed by atoms with Crippen molar-refractivity contribution in [1.82, 2.24) is 19.7 Å². The Kier molecular flexibility index (Phi) is 5.76. The minimum atomic E-state index is -0.0555. The summed E-state index contributed by atoms with van der Waals surface area (Å²) in [6.07, 6.45) is 1.80. The predicted molar refractivity (Wildman–Crippen MR) is 128 cm³/mol. The molecule has 2 aromatic carbocycles. The summed E-state index contributed by atoms with van der Waals surface area (Å²) in [7, 11) is 1.65. The Morgan fingerprint density at radius 3 is 2.27 bits per heavy atom. The van der Waals surface area contributed by atoms with Crippen LogP contribution in [0.2, 0.25) is 0 Å². The van der Waals surface area contributed by atoms with Gasteiger partial charge in [-0.3, -0.25) is 4.79 Å². The zero-order valence-electron chi connectivity index (χ0n) is 18.5. The lowest BCUT2D eigenvalue weighted by atomic mass is 10.1. The molecule has 1 aliphatic rings. The number of ether oxygens (including phenoxy) is 1. The monoisotopic (exact) mass is 439 g/mol. The largest absolute Gasteiger partial charge is 0.497 e. The number of aromatic nitrogens is 3. The minimum Gasteiger partial charge on any atom is -0.497 e. The van der Waals surface area contributed by atoms with Gasteiger partial charge in [-0.2, -0.15) is 5.10 Å². The lowest BCUT2D eigenvalue weighted by Crippen LogP contribution is -2.49. The molecule has 1 amide bonds. The number of hydrogen-bond acceptors (Lipinski definition) is 5. The summed E-state index contributed by atoms with van der Waals surface area (Å²) in [5.41, 5.74) is 3.17. The lowest BCUT2D eigenvalue weighted by Gasteiger charge is -2.35. The predicted octanol–water partition coefficient (Wildman–Crippen LogP) is 3.91. The zero-order valence-corrected chi connectivity index (χ0v) is 18.5. The van der Waals surface area contributed by atoms with Crippen LogP contribution in [0.1, 0.15) is 10.5 Å². The number of hydrogen-bond donors (Lipinski definition) is 0. The Bertz CT molecular complexity index is 1210. The maximum atomic E-state index is 13.4. The maximum absolute atomic E-state index is 13.4. The van der Waals surface area contributed by atoms with Crippen LogP contribution in [0, 0.1) is 0 Å². The first-order valence-electron chi connectivity index (χ1n) is 11.0. The third-order valence-corrected chi connectivity index (χ3v) is 5.86. The van der Waals surface area contributed by atoms with E-state index in [1.807, 2.05) is 88.4 Å². The zero-order chi connectivity index (χ0) is 22.6. The van der Waals surface area contributed by atoms with Gasteiger partial charge in [0.2, 0.25) is 0 Å². The summed E-state index contributed by atoms with van der Waals surface area (Å²) in [4.78, 5) is 21.9. The summed E-state index contributed by atoms with van der Waals surface area (Å²) in [6, 6.07) is 25.4. The molecule has 0 unspecified atom stereocenters. The molecular formula is C26H25N5O2. The number of carbonyl (C=O) groups excluding carboxylic acids is 1. The number of carbonyl (C=O) groups is 1. The van der Waals surface area contributed by atoms with E-state index in [-0.39, 0.29) is 5.91 Å². The highest BCUT2D eigenvalue weighted by Crippen LogP contribution is 2.27. The van der Waals surface area contributed by atoms with E-state index in [0.717, 1.165) is 41.6 Å². The molecule has 2 aromatic heterocycles. The van der Waals surface area contributed by atoms with Crippen molar-refractivity contribution in [3.05, 3.63) is 90.8 Å². The SMILES string of the molecule is COc1ccc(-c2cc(C(=O)N3CCN(c4ccccn4)CC3)nn2-c2ccccc2)cc1. The van der Waals surface area contributed by atoms with Crippen LogP contribution >= 0.6 is 0 Å². The van der Waals surface area contributed by atoms with Crippen molar-refractivity contribution in [2.24, 2.45) is 0 Å². The van der Waals surface area contributed by atoms with Gasteiger partial charge in [-0.1, -0.05) is 24.3 Å². The molecule has 1 fully saturated rings. The van der Waals surface area contributed by atoms with Gasteiger partial charge in [-0.15, -0.1) is 0 Å². The van der Waals surface area contributed by atoms with Gasteiger partial charge in [0.05, 0.1) is 18.5 Å². The number of rotatable bonds is 5. The highest BCUT2D eigenvalue weighted by atomic mass is 16.5. The van der Waals surface area contributed by atoms with Gasteiger partial charge < -0.3 is 14.5 Å². The first kappa shape index (κ1) is 20.8. The number of benzene rings is 2. The Balaban J connectivity index is 1.41. The molecule has 1 saturated heterocycles. The molecule has 7 heteroatoms. The summed E-state index contributed by atoms with van der Waals surface area (Å²) in [5, 5.41) is 4.72. The minimum absolute atomic E-state index is 0.0555. The molecule has 1 aliphatic heterocycles. The van der Waals surface area contributed by atoms with Crippen molar-refractivity contribution < 1.29 is 9.53 Å². The number of pyridine rings is 1. The van der Waals surface area contributed by atoms with Crippen molar-refractivity contribution in [3.63, 3.8) is 0 Å². The molecule has 0 aliphatic carbocycles. The summed E-state index contributed by atoms with van der Waals surface area (Å²) < 4.78 is 7.12. The fourth-order valence-corrected chi connectivity index (χ4v) is 4.06. The van der Waals surface area contributed by atoms with E-state index >= 15 is 0 Å². The van der Waals surface area contributed by atoms with Crippen LogP contribution in [0.5, 0.6) is 5.75 Å². The van der Waals surface area contributed by atoms with Crippen LogP contribution in [0.3, 0.4) is 0 Å². The molecule has 0 bridgehead atoms. The number of para-hydroxylation sites is 1. The van der Waals surface area contributed by atoms with Crippen LogP contribution in [-0.4, -0.2) is 58.9 Å². The van der Waals surface area contributed by atoms with Gasteiger partial charge in [0.1, 0.15) is 11.6 Å². The van der Waals surface area contributed by atoms with Crippen LogP contribution in [0.4, 0.5) is 5.82 Å². The van der Waals surface area contributed by atoms with Crippen LogP contribution in [0.15, 0.2) is 85.1 Å². The van der Waals surface area contributed by atoms with Gasteiger partial charge in [0.15, 0.2) is 5.69 Å². The number of methoxy groups -OCH3 is 1. The average molecular weight is 440 g/mol. The summed E-state index contributed by atoms with van der Waals surface area (Å²) in [6.45, 7) is 2.75. The highest BCUT2D eigenvalue weighted by Gasteiger charge is 2.26. The molecule has 0 radical (unpaired) electrons. The molecule has 7 nitrogen and oxygen atoms in total. The van der Waals surface area contributed by atoms with Crippen molar-refractivity contribution in [1.29, 1.82) is 0 Å². The molecule has 4 aromatic rings. The average Bonchev–Trinajstić information content (AvgIpc) is 3.35. The lowest BCUT2D eigenvalue weighted by molar-refractivity contribution is 0.0740. The number of nitrogens with zero attached hydrogens (tertiary/aromatic N) is 5. The van der Waals surface area contributed by atoms with E-state index in [1.54, 1.807) is 13.3 Å². The quantitative estimate of drug-likeness (QED) is 0.472. The Labute approximate surface area is 192 Å². The Morgan fingerprint density at radius 1 is 0.879 bits per heavy atom. The normalized spacial score (nSPS) is 13.7. The number of anilines is 1. The second-order valence-corrected chi connectivity index (χ2v) is 7.86. The van der Waals surface area contributed by atoms with Crippen LogP contribution in [0.25, 0.3) is 16.9 Å². The first-order valence-corrected chi connectivity index (χ1v) is 11.0. The number of amides is 1. The topological polar surface area (TPSA) is 63.5 Å². The van der Waals surface area contributed by atoms with Gasteiger partial charge in [-0.05, 0) is 54.6 Å². The smallest absolute Gasteiger partial charge is 0.274 e. The van der Waals surface area contributed by atoms with E-state index in [1.165, 1.54) is 0 Å². The summed E-state index contributed by atoms with van der Waals surface area (Å²) in [5.74, 6) is 1.67. The van der Waals surface area contributed by atoms with Gasteiger partial charge in [-0.25, -0.2) is 9.67 Å². The van der Waals surface area contributed by atoms with Gasteiger partial charge >= 0.3 is 0 Å². The summed E-state index contributed by atoms with van der Waals surface area (Å²) >= 11 is 0. The van der Waals surface area contributed by atoms with E-state index in [0.29, 0.717) is 18.8 Å². The van der Waals surface area contributed by atoms with Crippen LogP contribution in [-0.2, 0) is 0 Å². The molecule has 166 valence electrons. The van der Waals surface area contributed by atoms with E-state index in [9.17, 15) is 4.79 Å². The molecule has 0 N–H and O–H groups in total. The number of piperazine rings is 1. The van der Waals surface area contributed by atoms with E-state index < -0.39 is 0 Å². The molecule has 3 heterocycles. The third kappa shape index (κ3) is 4.30. The second kappa shape index (κ2) is 9.16. The second-order valence-electron chi connectivity index (χ2n) is 7.86. The van der Waals surface area contributed by atoms with E-state index in [4.69, 9.17) is 9.84 Å². The van der Waals surface area contributed by atoms with E-state index in [2.05, 4.69) is 9.88 Å². The molecule has 0 saturated carbocycles. The molecule has 0 spiro atoms. The Hall–Kier alpha value is -4.13. The van der Waals surface area contributed by atoms with Crippen LogP contribution < -0.4 is 9.64 Å². The van der Waals surface area contributed by atoms with Crippen molar-refractivity contribution >= 4 is 11.7 Å². The molecule has 5 rings (SSSR count). The fraction of sp³-hybridized carbons (Fsp3) is 0.192. The van der Waals surface area contributed by atoms with Crippen molar-refractivity contribution in [3.8, 4) is 22.7 Å². The molecule has 0 atom stereocenters. The Morgan fingerprint density at radius 2 is 1.61 bits per heavy atom. The first-order chi connectivity index (χ1) is 16.2. The van der Waals surface area contributed by atoms with Gasteiger partial charge in [0, 0.05) is 37.9 Å². The van der Waals surface area contributed by atoms with Gasteiger partial charge in [0.25, 0.3) is 5.91 Å². The molecular weight excluding hydrogens is 414 g/mol. The molecule has 33 heavy (non-hydrogen) atoms. The highest BCUT2D eigenvalue weighted by molar-refractivity contribution is 5.94. The van der Waals surface area contributed by atoms with Crippen molar-refractivity contribution in [2.75, 3.05) is 38.2 Å². The maximum Gasteiger partial charge on any atom is 0.274 e.